The molecule has 1 aliphatic heterocycles. The molecule has 1 atom stereocenters. The van der Waals surface area contributed by atoms with Gasteiger partial charge in [-0.2, -0.15) is 0 Å². The lowest BCUT2D eigenvalue weighted by Gasteiger charge is -2.18. The van der Waals surface area contributed by atoms with Crippen LogP contribution in [-0.4, -0.2) is 38.5 Å². The van der Waals surface area contributed by atoms with E-state index in [4.69, 9.17) is 9.47 Å². The van der Waals surface area contributed by atoms with Crippen LogP contribution in [0.2, 0.25) is 0 Å². The van der Waals surface area contributed by atoms with Crippen LogP contribution in [0.5, 0.6) is 11.5 Å². The number of nitrogens with zero attached hydrogens (tertiary/aromatic N) is 1. The van der Waals surface area contributed by atoms with E-state index in [2.05, 4.69) is 10.6 Å². The Kier molecular flexibility index (Phi) is 7.01. The first-order valence-corrected chi connectivity index (χ1v) is 11.2. The molecule has 0 radical (unpaired) electrons. The lowest BCUT2D eigenvalue weighted by Crippen LogP contribution is -2.28. The topological polar surface area (TPSA) is 97.0 Å². The lowest BCUT2D eigenvalue weighted by molar-refractivity contribution is -0.122. The van der Waals surface area contributed by atoms with E-state index in [1.165, 1.54) is 14.2 Å². The largest absolute Gasteiger partial charge is 0.494 e. The Labute approximate surface area is 203 Å². The van der Waals surface area contributed by atoms with E-state index in [-0.39, 0.29) is 24.1 Å². The monoisotopic (exact) mass is 473 g/mol. The Hall–Kier alpha value is -4.33. The zero-order chi connectivity index (χ0) is 24.9. The Bertz CT molecular complexity index is 1240. The predicted molar refractivity (Wildman–Crippen MR) is 134 cm³/mol. The molecule has 3 aromatic rings. The third-order valence-corrected chi connectivity index (χ3v) is 5.91. The number of nitrogens with one attached hydrogen (secondary N) is 2. The second-order valence-corrected chi connectivity index (χ2v) is 8.30. The number of ether oxygens (including phenoxy) is 2. The van der Waals surface area contributed by atoms with Crippen molar-refractivity contribution in [3.05, 3.63) is 77.9 Å². The number of benzene rings is 3. The van der Waals surface area contributed by atoms with E-state index < -0.39 is 5.92 Å². The minimum Gasteiger partial charge on any atom is -0.494 e. The molecule has 3 amide bonds. The maximum atomic E-state index is 13.1. The van der Waals surface area contributed by atoms with Crippen LogP contribution in [0.25, 0.3) is 0 Å². The maximum absolute atomic E-state index is 13.1. The standard InChI is InChI=1S/C27H27N3O5/c1-17-9-11-20(12-10-17)30-16-19(13-25(30)31)27(33)29-22-15-23(34-2)21(14-24(22)35-3)28-26(32)18-7-5-4-6-8-18/h4-12,14-15,19H,13,16H2,1-3H3,(H,28,32)(H,29,33)/t19-/m0/s1. The zero-order valence-electron chi connectivity index (χ0n) is 19.8. The molecule has 1 saturated heterocycles. The van der Waals surface area contributed by atoms with Crippen molar-refractivity contribution in [3.63, 3.8) is 0 Å². The summed E-state index contributed by atoms with van der Waals surface area (Å²) in [6.07, 6.45) is 0.115. The highest BCUT2D eigenvalue weighted by molar-refractivity contribution is 6.06. The molecular weight excluding hydrogens is 446 g/mol. The predicted octanol–water partition coefficient (Wildman–Crippen LogP) is 4.26. The molecule has 2 N–H and O–H groups in total. The molecule has 0 unspecified atom stereocenters. The number of carbonyl (C=O) groups excluding carboxylic acids is 3. The molecular formula is C27H27N3O5. The second-order valence-electron chi connectivity index (χ2n) is 8.30. The van der Waals surface area contributed by atoms with Crippen molar-refractivity contribution < 1.29 is 23.9 Å². The fourth-order valence-corrected chi connectivity index (χ4v) is 3.97. The Morgan fingerprint density at radius 2 is 1.49 bits per heavy atom. The minimum atomic E-state index is -0.517. The summed E-state index contributed by atoms with van der Waals surface area (Å²) in [4.78, 5) is 39.9. The third-order valence-electron chi connectivity index (χ3n) is 5.91. The van der Waals surface area contributed by atoms with Crippen LogP contribution >= 0.6 is 0 Å². The molecule has 1 heterocycles. The fourth-order valence-electron chi connectivity index (χ4n) is 3.97. The smallest absolute Gasteiger partial charge is 0.255 e. The van der Waals surface area contributed by atoms with E-state index in [0.29, 0.717) is 35.0 Å². The van der Waals surface area contributed by atoms with Gasteiger partial charge < -0.3 is 25.0 Å². The molecule has 0 saturated carbocycles. The number of carbonyl (C=O) groups is 3. The summed E-state index contributed by atoms with van der Waals surface area (Å²) in [6.45, 7) is 2.27. The number of methoxy groups -OCH3 is 2. The van der Waals surface area contributed by atoms with Crippen LogP contribution < -0.4 is 25.0 Å². The van der Waals surface area contributed by atoms with Crippen LogP contribution in [0.4, 0.5) is 17.1 Å². The summed E-state index contributed by atoms with van der Waals surface area (Å²) >= 11 is 0. The van der Waals surface area contributed by atoms with Crippen molar-refractivity contribution in [3.8, 4) is 11.5 Å². The average molecular weight is 474 g/mol. The SMILES string of the molecule is COc1cc(NC(=O)[C@H]2CC(=O)N(c3ccc(C)cc3)C2)c(OC)cc1NC(=O)c1ccccc1. The van der Waals surface area contributed by atoms with Gasteiger partial charge in [0.25, 0.3) is 5.91 Å². The number of rotatable bonds is 7. The van der Waals surface area contributed by atoms with Crippen molar-refractivity contribution in [2.24, 2.45) is 5.92 Å². The van der Waals surface area contributed by atoms with E-state index in [0.717, 1.165) is 11.3 Å². The van der Waals surface area contributed by atoms with Crippen molar-refractivity contribution in [2.45, 2.75) is 13.3 Å². The van der Waals surface area contributed by atoms with Crippen molar-refractivity contribution in [1.82, 2.24) is 0 Å². The van der Waals surface area contributed by atoms with Crippen molar-refractivity contribution in [2.75, 3.05) is 36.3 Å². The second kappa shape index (κ2) is 10.3. The summed E-state index contributed by atoms with van der Waals surface area (Å²) < 4.78 is 10.9. The van der Waals surface area contributed by atoms with Crippen LogP contribution in [0.1, 0.15) is 22.3 Å². The molecule has 4 rings (SSSR count). The summed E-state index contributed by atoms with van der Waals surface area (Å²) in [5.41, 5.74) is 3.15. The molecule has 180 valence electrons. The number of amides is 3. The molecule has 35 heavy (non-hydrogen) atoms. The van der Waals surface area contributed by atoms with E-state index in [1.54, 1.807) is 41.3 Å². The van der Waals surface area contributed by atoms with E-state index >= 15 is 0 Å². The summed E-state index contributed by atoms with van der Waals surface area (Å²) in [7, 11) is 2.94. The summed E-state index contributed by atoms with van der Waals surface area (Å²) in [5.74, 6) is -0.510. The third kappa shape index (κ3) is 5.27. The Morgan fingerprint density at radius 1 is 0.886 bits per heavy atom. The van der Waals surface area contributed by atoms with Gasteiger partial charge in [0.1, 0.15) is 11.5 Å². The highest BCUT2D eigenvalue weighted by Gasteiger charge is 2.35. The van der Waals surface area contributed by atoms with Gasteiger partial charge in [0.15, 0.2) is 0 Å². The normalized spacial score (nSPS) is 15.0. The molecule has 8 nitrogen and oxygen atoms in total. The number of aryl methyl sites for hydroxylation is 1. The van der Waals surface area contributed by atoms with Gasteiger partial charge in [-0.05, 0) is 31.2 Å². The average Bonchev–Trinajstić information content (AvgIpc) is 3.27. The molecule has 0 aromatic heterocycles. The zero-order valence-corrected chi connectivity index (χ0v) is 19.8. The van der Waals surface area contributed by atoms with Gasteiger partial charge in [0.2, 0.25) is 11.8 Å². The van der Waals surface area contributed by atoms with Gasteiger partial charge in [-0.1, -0.05) is 35.9 Å². The van der Waals surface area contributed by atoms with Crippen LogP contribution in [-0.2, 0) is 9.59 Å². The van der Waals surface area contributed by atoms with E-state index in [1.807, 2.05) is 37.3 Å². The fraction of sp³-hybridized carbons (Fsp3) is 0.222. The first kappa shape index (κ1) is 23.8. The van der Waals surface area contributed by atoms with Crippen molar-refractivity contribution >= 4 is 34.8 Å². The number of hydrogen-bond acceptors (Lipinski definition) is 5. The maximum Gasteiger partial charge on any atom is 0.255 e. The van der Waals surface area contributed by atoms with Crippen molar-refractivity contribution in [1.29, 1.82) is 0 Å². The molecule has 1 aliphatic rings. The molecule has 0 bridgehead atoms. The molecule has 8 heteroatoms. The highest BCUT2D eigenvalue weighted by Crippen LogP contribution is 2.37. The number of anilines is 3. The van der Waals surface area contributed by atoms with Crippen LogP contribution in [0.15, 0.2) is 66.7 Å². The number of hydrogen-bond donors (Lipinski definition) is 2. The first-order valence-electron chi connectivity index (χ1n) is 11.2. The van der Waals surface area contributed by atoms with Gasteiger partial charge >= 0.3 is 0 Å². The molecule has 0 spiro atoms. The van der Waals surface area contributed by atoms with Gasteiger partial charge in [-0.15, -0.1) is 0 Å². The minimum absolute atomic E-state index is 0.0995. The molecule has 3 aromatic carbocycles. The van der Waals surface area contributed by atoms with Gasteiger partial charge in [-0.3, -0.25) is 14.4 Å². The van der Waals surface area contributed by atoms with E-state index in [9.17, 15) is 14.4 Å². The lowest BCUT2D eigenvalue weighted by atomic mass is 10.1. The Balaban J connectivity index is 1.50. The Morgan fingerprint density at radius 3 is 2.09 bits per heavy atom. The highest BCUT2D eigenvalue weighted by atomic mass is 16.5. The summed E-state index contributed by atoms with van der Waals surface area (Å²) in [5, 5.41) is 5.67. The van der Waals surface area contributed by atoms with Gasteiger partial charge in [0, 0.05) is 36.3 Å². The van der Waals surface area contributed by atoms with Gasteiger partial charge in [0.05, 0.1) is 31.5 Å². The first-order chi connectivity index (χ1) is 16.9. The molecule has 1 fully saturated rings. The van der Waals surface area contributed by atoms with Crippen LogP contribution in [0.3, 0.4) is 0 Å². The molecule has 0 aliphatic carbocycles. The quantitative estimate of drug-likeness (QED) is 0.535. The van der Waals surface area contributed by atoms with Gasteiger partial charge in [-0.25, -0.2) is 0 Å². The summed E-state index contributed by atoms with van der Waals surface area (Å²) in [6, 6.07) is 19.6. The van der Waals surface area contributed by atoms with Crippen LogP contribution in [0, 0.1) is 12.8 Å².